The molecule has 192 valence electrons. The first-order chi connectivity index (χ1) is 17.9. The predicted octanol–water partition coefficient (Wildman–Crippen LogP) is 4.01. The third kappa shape index (κ3) is 5.38. The van der Waals surface area contributed by atoms with Crippen LogP contribution in [0.4, 0.5) is 20.2 Å². The van der Waals surface area contributed by atoms with Gasteiger partial charge in [-0.2, -0.15) is 5.10 Å². The summed E-state index contributed by atoms with van der Waals surface area (Å²) in [5, 5.41) is 18.8. The first-order valence-corrected chi connectivity index (χ1v) is 12.8. The fourth-order valence-electron chi connectivity index (χ4n) is 4.50. The normalized spacial score (nSPS) is 15.7. The van der Waals surface area contributed by atoms with Crippen molar-refractivity contribution in [3.63, 3.8) is 0 Å². The molecule has 1 amide bonds. The molecule has 1 saturated heterocycles. The summed E-state index contributed by atoms with van der Waals surface area (Å²) in [6, 6.07) is 9.09. The number of halogens is 2. The van der Waals surface area contributed by atoms with Gasteiger partial charge in [-0.3, -0.25) is 9.48 Å². The van der Waals surface area contributed by atoms with E-state index in [1.807, 2.05) is 4.90 Å². The SMILES string of the molecule is NC1CCCN(c2c(F)cccc2NC(=O)c2csc(-c3cnn(Cc4c(F)cccc4CO)c3)n2)C1. The molecule has 0 aliphatic carbocycles. The number of amides is 1. The molecule has 3 heterocycles. The number of aromatic nitrogens is 3. The van der Waals surface area contributed by atoms with Crippen LogP contribution >= 0.6 is 11.3 Å². The fraction of sp³-hybridized carbons (Fsp3) is 0.269. The number of thiazole rings is 1. The number of aliphatic hydroxyl groups is 1. The van der Waals surface area contributed by atoms with Gasteiger partial charge in [0.05, 0.1) is 30.7 Å². The summed E-state index contributed by atoms with van der Waals surface area (Å²) in [4.78, 5) is 19.3. The minimum absolute atomic E-state index is 0.0486. The number of piperidine rings is 1. The second-order valence-electron chi connectivity index (χ2n) is 8.94. The third-order valence-corrected chi connectivity index (χ3v) is 7.22. The summed E-state index contributed by atoms with van der Waals surface area (Å²) < 4.78 is 30.6. The quantitative estimate of drug-likeness (QED) is 0.337. The molecule has 2 aromatic carbocycles. The van der Waals surface area contributed by atoms with Gasteiger partial charge in [-0.05, 0) is 36.6 Å². The molecule has 0 saturated carbocycles. The van der Waals surface area contributed by atoms with E-state index in [0.29, 0.717) is 46.2 Å². The number of nitrogens with two attached hydrogens (primary N) is 1. The molecular formula is C26H26F2N6O2S. The van der Waals surface area contributed by atoms with E-state index < -0.39 is 17.5 Å². The number of carbonyl (C=O) groups excluding carboxylic acids is 1. The number of carbonyl (C=O) groups is 1. The van der Waals surface area contributed by atoms with Gasteiger partial charge in [-0.1, -0.05) is 18.2 Å². The topological polar surface area (TPSA) is 109 Å². The second kappa shape index (κ2) is 10.8. The highest BCUT2D eigenvalue weighted by Gasteiger charge is 2.24. The predicted molar refractivity (Wildman–Crippen MR) is 139 cm³/mol. The van der Waals surface area contributed by atoms with Crippen molar-refractivity contribution in [2.75, 3.05) is 23.3 Å². The van der Waals surface area contributed by atoms with Gasteiger partial charge >= 0.3 is 0 Å². The Hall–Kier alpha value is -3.67. The molecule has 1 fully saturated rings. The lowest BCUT2D eigenvalue weighted by atomic mass is 10.1. The second-order valence-corrected chi connectivity index (χ2v) is 9.80. The van der Waals surface area contributed by atoms with Crippen molar-refractivity contribution >= 4 is 28.6 Å². The Morgan fingerprint density at radius 3 is 2.84 bits per heavy atom. The van der Waals surface area contributed by atoms with E-state index in [4.69, 9.17) is 5.73 Å². The molecule has 0 spiro atoms. The van der Waals surface area contributed by atoms with Crippen LogP contribution in [-0.2, 0) is 13.2 Å². The number of aliphatic hydroxyl groups excluding tert-OH is 1. The summed E-state index contributed by atoms with van der Waals surface area (Å²) in [5.74, 6) is -1.29. The minimum atomic E-state index is -0.456. The van der Waals surface area contributed by atoms with E-state index in [2.05, 4.69) is 15.4 Å². The molecule has 0 radical (unpaired) electrons. The summed E-state index contributed by atoms with van der Waals surface area (Å²) in [7, 11) is 0. The number of hydrogen-bond acceptors (Lipinski definition) is 7. The Kier molecular flexibility index (Phi) is 7.26. The van der Waals surface area contributed by atoms with Crippen LogP contribution in [-0.4, -0.2) is 44.9 Å². The van der Waals surface area contributed by atoms with Crippen LogP contribution in [0.2, 0.25) is 0 Å². The number of anilines is 2. The van der Waals surface area contributed by atoms with Crippen LogP contribution in [0.5, 0.6) is 0 Å². The van der Waals surface area contributed by atoms with Crippen LogP contribution in [0.15, 0.2) is 54.2 Å². The summed E-state index contributed by atoms with van der Waals surface area (Å²) >= 11 is 1.27. The van der Waals surface area contributed by atoms with Crippen molar-refractivity contribution in [3.8, 4) is 10.6 Å². The molecule has 0 bridgehead atoms. The van der Waals surface area contributed by atoms with Crippen LogP contribution in [0, 0.1) is 11.6 Å². The zero-order valence-electron chi connectivity index (χ0n) is 19.9. The van der Waals surface area contributed by atoms with Crippen molar-refractivity contribution in [2.45, 2.75) is 32.0 Å². The lowest BCUT2D eigenvalue weighted by Crippen LogP contribution is -2.43. The number of nitrogens with one attached hydrogen (secondary N) is 1. The summed E-state index contributed by atoms with van der Waals surface area (Å²) in [6.07, 6.45) is 5.03. The number of benzene rings is 2. The van der Waals surface area contributed by atoms with Crippen molar-refractivity contribution in [1.29, 1.82) is 0 Å². The van der Waals surface area contributed by atoms with Gasteiger partial charge in [-0.25, -0.2) is 13.8 Å². The molecule has 4 N–H and O–H groups in total. The lowest BCUT2D eigenvalue weighted by molar-refractivity contribution is 0.102. The van der Waals surface area contributed by atoms with E-state index in [-0.39, 0.29) is 24.9 Å². The Balaban J connectivity index is 1.32. The number of rotatable bonds is 7. The highest BCUT2D eigenvalue weighted by Crippen LogP contribution is 2.32. The van der Waals surface area contributed by atoms with Crippen LogP contribution < -0.4 is 16.0 Å². The molecule has 1 atom stereocenters. The summed E-state index contributed by atoms with van der Waals surface area (Å²) in [5.41, 5.74) is 8.49. The summed E-state index contributed by atoms with van der Waals surface area (Å²) in [6.45, 7) is 1.05. The molecule has 8 nitrogen and oxygen atoms in total. The van der Waals surface area contributed by atoms with Gasteiger partial charge < -0.3 is 21.1 Å². The van der Waals surface area contributed by atoms with E-state index in [0.717, 1.165) is 12.8 Å². The molecular weight excluding hydrogens is 498 g/mol. The minimum Gasteiger partial charge on any atom is -0.392 e. The van der Waals surface area contributed by atoms with E-state index in [1.165, 1.54) is 23.5 Å². The monoisotopic (exact) mass is 524 g/mol. The Morgan fingerprint density at radius 2 is 2.03 bits per heavy atom. The molecule has 1 aliphatic rings. The Bertz CT molecular complexity index is 1420. The smallest absolute Gasteiger partial charge is 0.275 e. The molecule has 11 heteroatoms. The molecule has 1 unspecified atom stereocenters. The van der Waals surface area contributed by atoms with E-state index in [9.17, 15) is 18.7 Å². The highest BCUT2D eigenvalue weighted by atomic mass is 32.1. The maximum absolute atomic E-state index is 14.8. The molecule has 1 aliphatic heterocycles. The van der Waals surface area contributed by atoms with Crippen molar-refractivity contribution < 1.29 is 18.7 Å². The standard InChI is InChI=1S/C26H26F2N6O2S/c27-20-6-1-4-16(14-35)19(20)13-34-11-17(10-30-34)26-32-23(15-37-26)25(36)31-22-8-2-7-21(28)24(22)33-9-3-5-18(29)12-33/h1-2,4,6-8,10-11,15,18,35H,3,5,9,12-14,29H2,(H,31,36). The van der Waals surface area contributed by atoms with Gasteiger partial charge in [0.25, 0.3) is 5.91 Å². The number of para-hydroxylation sites is 1. The van der Waals surface area contributed by atoms with E-state index in [1.54, 1.807) is 46.7 Å². The van der Waals surface area contributed by atoms with E-state index >= 15 is 0 Å². The first kappa shape index (κ1) is 25.0. The number of nitrogens with zero attached hydrogens (tertiary/aromatic N) is 4. The highest BCUT2D eigenvalue weighted by molar-refractivity contribution is 7.13. The maximum Gasteiger partial charge on any atom is 0.275 e. The fourth-order valence-corrected chi connectivity index (χ4v) is 5.27. The molecule has 5 rings (SSSR count). The van der Waals surface area contributed by atoms with Gasteiger partial charge in [-0.15, -0.1) is 11.3 Å². The lowest BCUT2D eigenvalue weighted by Gasteiger charge is -2.34. The first-order valence-electron chi connectivity index (χ1n) is 11.9. The Morgan fingerprint density at radius 1 is 1.22 bits per heavy atom. The largest absolute Gasteiger partial charge is 0.392 e. The van der Waals surface area contributed by atoms with Gasteiger partial charge in [0.15, 0.2) is 0 Å². The van der Waals surface area contributed by atoms with Gasteiger partial charge in [0.1, 0.15) is 22.3 Å². The zero-order chi connectivity index (χ0) is 25.9. The molecule has 2 aromatic heterocycles. The van der Waals surface area contributed by atoms with Crippen molar-refractivity contribution in [1.82, 2.24) is 14.8 Å². The van der Waals surface area contributed by atoms with Crippen LogP contribution in [0.3, 0.4) is 0 Å². The van der Waals surface area contributed by atoms with Gasteiger partial charge in [0, 0.05) is 41.8 Å². The van der Waals surface area contributed by atoms with Crippen molar-refractivity contribution in [2.24, 2.45) is 5.73 Å². The average Bonchev–Trinajstić information content (AvgIpc) is 3.55. The molecule has 37 heavy (non-hydrogen) atoms. The molecule has 4 aromatic rings. The maximum atomic E-state index is 14.8. The van der Waals surface area contributed by atoms with Crippen LogP contribution in [0.1, 0.15) is 34.5 Å². The van der Waals surface area contributed by atoms with Crippen LogP contribution in [0.25, 0.3) is 10.6 Å². The van der Waals surface area contributed by atoms with Gasteiger partial charge in [0.2, 0.25) is 0 Å². The van der Waals surface area contributed by atoms with Crippen molar-refractivity contribution in [3.05, 3.63) is 82.6 Å². The third-order valence-electron chi connectivity index (χ3n) is 6.33. The number of hydrogen-bond donors (Lipinski definition) is 3. The Labute approximate surface area is 216 Å². The zero-order valence-corrected chi connectivity index (χ0v) is 20.7. The average molecular weight is 525 g/mol.